The SMILES string of the molecule is CCOC(=O)c1oc2c(c1C(F)(F)F)C(=O)/C(=C\O)C(C)(C)C2. The number of esters is 1. The molecule has 1 aromatic heterocycles. The minimum Gasteiger partial charge on any atom is -0.515 e. The summed E-state index contributed by atoms with van der Waals surface area (Å²) in [5, 5.41) is 9.23. The van der Waals surface area contributed by atoms with Crippen molar-refractivity contribution in [1.82, 2.24) is 0 Å². The second-order valence-corrected chi connectivity index (χ2v) is 5.76. The molecule has 0 saturated heterocycles. The van der Waals surface area contributed by atoms with Crippen LogP contribution in [0.5, 0.6) is 0 Å². The van der Waals surface area contributed by atoms with Crippen LogP contribution in [0, 0.1) is 5.41 Å². The van der Waals surface area contributed by atoms with Crippen LogP contribution in [0.4, 0.5) is 13.2 Å². The molecule has 0 unspecified atom stereocenters. The predicted molar refractivity (Wildman–Crippen MR) is 72.2 cm³/mol. The lowest BCUT2D eigenvalue weighted by atomic mass is 9.72. The molecule has 1 N–H and O–H groups in total. The van der Waals surface area contributed by atoms with E-state index in [1.54, 1.807) is 13.8 Å². The second kappa shape index (κ2) is 5.43. The molecule has 0 fully saturated rings. The van der Waals surface area contributed by atoms with Crippen LogP contribution in [0.1, 0.15) is 53.0 Å². The number of carbonyl (C=O) groups excluding carboxylic acids is 2. The van der Waals surface area contributed by atoms with Crippen molar-refractivity contribution in [3.8, 4) is 0 Å². The highest BCUT2D eigenvalue weighted by Crippen LogP contribution is 2.46. The molecule has 0 aliphatic heterocycles. The number of allylic oxidation sites excluding steroid dienone is 1. The van der Waals surface area contributed by atoms with Crippen LogP contribution >= 0.6 is 0 Å². The fourth-order valence-electron chi connectivity index (χ4n) is 2.63. The Kier molecular flexibility index (Phi) is 4.04. The molecule has 0 saturated carbocycles. The molecule has 5 nitrogen and oxygen atoms in total. The minimum absolute atomic E-state index is 0.0665. The largest absolute Gasteiger partial charge is 0.515 e. The third-order valence-electron chi connectivity index (χ3n) is 3.66. The summed E-state index contributed by atoms with van der Waals surface area (Å²) in [5.74, 6) is -3.56. The fraction of sp³-hybridized carbons (Fsp3) is 0.467. The summed E-state index contributed by atoms with van der Waals surface area (Å²) in [6, 6.07) is 0. The molecule has 0 aromatic carbocycles. The van der Waals surface area contributed by atoms with E-state index in [1.165, 1.54) is 6.92 Å². The molecule has 0 bridgehead atoms. The average Bonchev–Trinajstić information content (AvgIpc) is 2.77. The molecule has 0 spiro atoms. The van der Waals surface area contributed by atoms with Gasteiger partial charge in [0.05, 0.1) is 18.4 Å². The van der Waals surface area contributed by atoms with Crippen molar-refractivity contribution < 1.29 is 37.0 Å². The molecule has 126 valence electrons. The number of aliphatic hydroxyl groups excluding tert-OH is 1. The number of ether oxygens (including phenoxy) is 1. The van der Waals surface area contributed by atoms with Crippen molar-refractivity contribution in [3.63, 3.8) is 0 Å². The second-order valence-electron chi connectivity index (χ2n) is 5.76. The number of hydrogen-bond acceptors (Lipinski definition) is 5. The Labute approximate surface area is 129 Å². The summed E-state index contributed by atoms with van der Waals surface area (Å²) in [6.07, 6.45) is -4.54. The number of furan rings is 1. The van der Waals surface area contributed by atoms with E-state index in [9.17, 15) is 27.9 Å². The van der Waals surface area contributed by atoms with Gasteiger partial charge in [-0.3, -0.25) is 4.79 Å². The van der Waals surface area contributed by atoms with E-state index in [2.05, 4.69) is 4.74 Å². The Morgan fingerprint density at radius 2 is 2.04 bits per heavy atom. The third-order valence-corrected chi connectivity index (χ3v) is 3.66. The van der Waals surface area contributed by atoms with Crippen LogP contribution in [0.15, 0.2) is 16.3 Å². The number of rotatable bonds is 2. The zero-order chi connectivity index (χ0) is 17.6. The van der Waals surface area contributed by atoms with Crippen LogP contribution in [0.2, 0.25) is 0 Å². The number of ketones is 1. The Morgan fingerprint density at radius 1 is 1.43 bits per heavy atom. The van der Waals surface area contributed by atoms with E-state index in [4.69, 9.17) is 4.42 Å². The molecular weight excluding hydrogens is 317 g/mol. The lowest BCUT2D eigenvalue weighted by molar-refractivity contribution is -0.138. The van der Waals surface area contributed by atoms with Gasteiger partial charge in [0.25, 0.3) is 0 Å². The van der Waals surface area contributed by atoms with E-state index >= 15 is 0 Å². The number of carbonyl (C=O) groups is 2. The molecule has 0 atom stereocenters. The molecule has 1 aliphatic carbocycles. The number of hydrogen-bond donors (Lipinski definition) is 1. The first-order chi connectivity index (χ1) is 10.5. The maximum atomic E-state index is 13.4. The van der Waals surface area contributed by atoms with Gasteiger partial charge in [0, 0.05) is 17.4 Å². The van der Waals surface area contributed by atoms with Crippen LogP contribution in [-0.4, -0.2) is 23.5 Å². The van der Waals surface area contributed by atoms with Crippen molar-refractivity contribution in [2.45, 2.75) is 33.4 Å². The van der Waals surface area contributed by atoms with Gasteiger partial charge in [-0.2, -0.15) is 13.2 Å². The third kappa shape index (κ3) is 2.73. The molecule has 0 radical (unpaired) electrons. The average molecular weight is 332 g/mol. The van der Waals surface area contributed by atoms with Crippen LogP contribution < -0.4 is 0 Å². The summed E-state index contributed by atoms with van der Waals surface area (Å²) in [7, 11) is 0. The molecular formula is C15H15F3O5. The summed E-state index contributed by atoms with van der Waals surface area (Å²) in [4.78, 5) is 24.1. The standard InChI is InChI=1S/C15H15F3O5/c1-4-22-13(21)12-10(15(16,17)18)9-8(23-12)5-14(2,3)7(6-19)11(9)20/h6,19H,4-5H2,1-3H3/b7-6+. The van der Waals surface area contributed by atoms with E-state index in [-0.39, 0.29) is 24.4 Å². The van der Waals surface area contributed by atoms with Gasteiger partial charge in [-0.25, -0.2) is 4.79 Å². The molecule has 2 rings (SSSR count). The van der Waals surface area contributed by atoms with Gasteiger partial charge in [-0.1, -0.05) is 13.8 Å². The number of halogens is 3. The van der Waals surface area contributed by atoms with Gasteiger partial charge >= 0.3 is 12.1 Å². The molecule has 23 heavy (non-hydrogen) atoms. The molecule has 1 heterocycles. The van der Waals surface area contributed by atoms with E-state index in [0.717, 1.165) is 0 Å². The van der Waals surface area contributed by atoms with Gasteiger partial charge in [0.1, 0.15) is 11.3 Å². The Morgan fingerprint density at radius 3 is 2.52 bits per heavy atom. The van der Waals surface area contributed by atoms with Gasteiger partial charge in [0.15, 0.2) is 5.78 Å². The van der Waals surface area contributed by atoms with Gasteiger partial charge in [-0.05, 0) is 6.92 Å². The predicted octanol–water partition coefficient (Wildman–Crippen LogP) is 3.68. The van der Waals surface area contributed by atoms with Crippen LogP contribution in [0.3, 0.4) is 0 Å². The minimum atomic E-state index is -4.98. The Balaban J connectivity index is 2.75. The van der Waals surface area contributed by atoms with Crippen molar-refractivity contribution in [2.75, 3.05) is 6.61 Å². The van der Waals surface area contributed by atoms with Crippen LogP contribution in [0.25, 0.3) is 0 Å². The normalized spacial score (nSPS) is 18.9. The first-order valence-electron chi connectivity index (χ1n) is 6.84. The molecule has 1 aromatic rings. The lowest BCUT2D eigenvalue weighted by Crippen LogP contribution is -2.31. The number of alkyl halides is 3. The van der Waals surface area contributed by atoms with Gasteiger partial charge in [-0.15, -0.1) is 0 Å². The summed E-state index contributed by atoms with van der Waals surface area (Å²) < 4.78 is 49.7. The highest BCUT2D eigenvalue weighted by molar-refractivity contribution is 6.13. The van der Waals surface area contributed by atoms with E-state index in [1.807, 2.05) is 0 Å². The zero-order valence-electron chi connectivity index (χ0n) is 12.7. The fourth-order valence-corrected chi connectivity index (χ4v) is 2.63. The van der Waals surface area contributed by atoms with Crippen molar-refractivity contribution in [1.29, 1.82) is 0 Å². The van der Waals surface area contributed by atoms with E-state index in [0.29, 0.717) is 6.26 Å². The van der Waals surface area contributed by atoms with Crippen molar-refractivity contribution in [3.05, 3.63) is 34.5 Å². The van der Waals surface area contributed by atoms with Crippen molar-refractivity contribution >= 4 is 11.8 Å². The summed E-state index contributed by atoms with van der Waals surface area (Å²) in [5.41, 5.74) is -3.29. The highest BCUT2D eigenvalue weighted by Gasteiger charge is 2.50. The first-order valence-corrected chi connectivity index (χ1v) is 6.84. The molecule has 8 heteroatoms. The Hall–Kier alpha value is -2.25. The molecule has 0 amide bonds. The maximum Gasteiger partial charge on any atom is 0.421 e. The quantitative estimate of drug-likeness (QED) is 0.508. The number of Topliss-reactive ketones (excluding diaryl/α,β-unsaturated/α-hetero) is 1. The highest BCUT2D eigenvalue weighted by atomic mass is 19.4. The summed E-state index contributed by atoms with van der Waals surface area (Å²) in [6.45, 7) is 4.46. The van der Waals surface area contributed by atoms with Crippen molar-refractivity contribution in [2.24, 2.45) is 5.41 Å². The van der Waals surface area contributed by atoms with Gasteiger partial charge in [0.2, 0.25) is 5.76 Å². The summed E-state index contributed by atoms with van der Waals surface area (Å²) >= 11 is 0. The van der Waals surface area contributed by atoms with E-state index < -0.39 is 40.2 Å². The number of fused-ring (bicyclic) bond motifs is 1. The first kappa shape index (κ1) is 17.1. The monoisotopic (exact) mass is 332 g/mol. The van der Waals surface area contributed by atoms with Gasteiger partial charge < -0.3 is 14.3 Å². The Bertz CT molecular complexity index is 695. The zero-order valence-corrected chi connectivity index (χ0v) is 12.7. The smallest absolute Gasteiger partial charge is 0.421 e. The molecule has 1 aliphatic rings. The topological polar surface area (TPSA) is 76.7 Å². The lowest BCUT2D eigenvalue weighted by Gasteiger charge is -2.30. The maximum absolute atomic E-state index is 13.4. The van der Waals surface area contributed by atoms with Crippen LogP contribution in [-0.2, 0) is 17.3 Å². The number of aliphatic hydroxyl groups is 1.